The average molecular weight is 779 g/mol. The van der Waals surface area contributed by atoms with Crippen molar-refractivity contribution in [1.29, 1.82) is 0 Å². The molecule has 0 bridgehead atoms. The zero-order chi connectivity index (χ0) is 40.2. The Morgan fingerprint density at radius 3 is 1.75 bits per heavy atom. The summed E-state index contributed by atoms with van der Waals surface area (Å²) in [6, 6.07) is 48.3. The second-order valence-corrected chi connectivity index (χ2v) is 19.9. The van der Waals surface area contributed by atoms with Gasteiger partial charge in [0.25, 0.3) is 6.71 Å². The van der Waals surface area contributed by atoms with E-state index >= 15 is 0 Å². The quantitative estimate of drug-likeness (QED) is 0.161. The number of rotatable bonds is 5. The molecule has 0 fully saturated rings. The van der Waals surface area contributed by atoms with Crippen LogP contribution in [-0.4, -0.2) is 13.6 Å². The van der Waals surface area contributed by atoms with Gasteiger partial charge in [0, 0.05) is 49.3 Å². The Labute approximate surface area is 353 Å². The Bertz CT molecular complexity index is 3100. The lowest BCUT2D eigenvalue weighted by Crippen LogP contribution is -2.69. The first-order valence-electron chi connectivity index (χ1n) is 21.9. The summed E-state index contributed by atoms with van der Waals surface area (Å²) in [5.74, 6) is 1.73. The normalized spacial score (nSPS) is 14.2. The van der Waals surface area contributed by atoms with Crippen molar-refractivity contribution in [1.82, 2.24) is 0 Å². The van der Waals surface area contributed by atoms with E-state index in [1.165, 1.54) is 120 Å². The molecule has 4 aliphatic heterocycles. The number of thiophene rings is 1. The predicted octanol–water partition coefficient (Wildman–Crippen LogP) is 12.1. The van der Waals surface area contributed by atoms with Crippen molar-refractivity contribution >= 4 is 101 Å². The molecule has 0 saturated carbocycles. The van der Waals surface area contributed by atoms with Gasteiger partial charge in [-0.2, -0.15) is 0 Å². The summed E-state index contributed by atoms with van der Waals surface area (Å²) >= 11 is 1.95. The predicted molar refractivity (Wildman–Crippen MR) is 260 cm³/mol. The minimum absolute atomic E-state index is 0.0683. The van der Waals surface area contributed by atoms with Crippen LogP contribution in [0.25, 0.3) is 42.4 Å². The highest BCUT2D eigenvalue weighted by Crippen LogP contribution is 2.53. The van der Waals surface area contributed by atoms with Gasteiger partial charge in [-0.25, -0.2) is 0 Å². The van der Waals surface area contributed by atoms with Gasteiger partial charge in [0.05, 0.1) is 10.4 Å². The minimum atomic E-state index is 0.0683. The number of fused-ring (bicyclic) bond motifs is 13. The third kappa shape index (κ3) is 4.77. The SMILES string of the molecule is CC(C)c1ccc(N2c3ccc4c5c3B(c3cc(C(C)C)cc6c3N5B(c3cc(C(C)C)ccc3-6)c3cc(C(C)C)ccc3-4)c3ccc4c(sc5ccccc54)c32)cc1. The van der Waals surface area contributed by atoms with E-state index in [4.69, 9.17) is 0 Å². The highest BCUT2D eigenvalue weighted by molar-refractivity contribution is 7.26. The van der Waals surface area contributed by atoms with Gasteiger partial charge in [0.2, 0.25) is 0 Å². The minimum Gasteiger partial charge on any atom is -0.377 e. The Hall–Kier alpha value is -5.51. The Balaban J connectivity index is 1.26. The molecule has 0 aliphatic carbocycles. The molecule has 2 nitrogen and oxygen atoms in total. The molecule has 59 heavy (non-hydrogen) atoms. The van der Waals surface area contributed by atoms with Crippen LogP contribution in [0.5, 0.6) is 0 Å². The molecule has 5 heteroatoms. The van der Waals surface area contributed by atoms with Crippen LogP contribution in [0.2, 0.25) is 0 Å². The zero-order valence-electron chi connectivity index (χ0n) is 35.3. The topological polar surface area (TPSA) is 6.48 Å². The summed E-state index contributed by atoms with van der Waals surface area (Å²) in [6.45, 7) is 18.8. The molecule has 0 spiro atoms. The Kier molecular flexibility index (Phi) is 7.51. The zero-order valence-corrected chi connectivity index (χ0v) is 36.1. The van der Waals surface area contributed by atoms with Crippen LogP contribution in [0.1, 0.15) is 101 Å². The second-order valence-electron chi connectivity index (χ2n) is 18.8. The molecular weight excluding hydrogens is 730 g/mol. The maximum absolute atomic E-state index is 2.82. The molecule has 0 amide bonds. The third-order valence-electron chi connectivity index (χ3n) is 14.2. The first-order valence-corrected chi connectivity index (χ1v) is 22.7. The molecule has 0 radical (unpaired) electrons. The fraction of sp³-hybridized carbons (Fsp3) is 0.222. The largest absolute Gasteiger partial charge is 0.377 e. The van der Waals surface area contributed by atoms with Gasteiger partial charge >= 0.3 is 6.85 Å². The number of nitrogens with zero attached hydrogens (tertiary/aromatic N) is 2. The number of hydrogen-bond acceptors (Lipinski definition) is 3. The van der Waals surface area contributed by atoms with E-state index in [-0.39, 0.29) is 13.6 Å². The molecule has 12 rings (SSSR count). The highest BCUT2D eigenvalue weighted by atomic mass is 32.1. The third-order valence-corrected chi connectivity index (χ3v) is 15.4. The van der Waals surface area contributed by atoms with E-state index < -0.39 is 0 Å². The average Bonchev–Trinajstić information content (AvgIpc) is 3.63. The van der Waals surface area contributed by atoms with Crippen molar-refractivity contribution < 1.29 is 0 Å². The molecule has 5 heterocycles. The first-order chi connectivity index (χ1) is 28.6. The molecule has 0 saturated heterocycles. The molecule has 7 aromatic carbocycles. The summed E-state index contributed by atoms with van der Waals surface area (Å²) in [5, 5.41) is 2.68. The summed E-state index contributed by atoms with van der Waals surface area (Å²) < 4.78 is 2.71. The summed E-state index contributed by atoms with van der Waals surface area (Å²) in [4.78, 5) is 5.46. The van der Waals surface area contributed by atoms with Crippen LogP contribution >= 0.6 is 11.3 Å². The lowest BCUT2D eigenvalue weighted by atomic mass is 9.30. The van der Waals surface area contributed by atoms with Crippen molar-refractivity contribution in [2.24, 2.45) is 0 Å². The number of anilines is 5. The molecule has 0 N–H and O–H groups in total. The Morgan fingerprint density at radius 1 is 0.458 bits per heavy atom. The standard InChI is InChI=1S/C54H48B2N2S/c1-29(2)33-13-17-37(18-14-33)57-48-24-22-41-38-19-15-34(30(3)4)26-45(38)56-46-27-35(31(5)6)16-20-39(46)43-25-36(32(7)8)28-47-51(43)58(56)52(41)50(48)55(47)44-23-21-42-40-11-9-10-12-49(40)59-54(42)53(44)57/h9-32H,1-8H3. The van der Waals surface area contributed by atoms with E-state index in [2.05, 4.69) is 186 Å². The van der Waals surface area contributed by atoms with E-state index in [9.17, 15) is 0 Å². The van der Waals surface area contributed by atoms with Crippen molar-refractivity contribution in [3.05, 3.63) is 144 Å². The van der Waals surface area contributed by atoms with Gasteiger partial charge in [-0.05, 0) is 115 Å². The van der Waals surface area contributed by atoms with E-state index in [0.29, 0.717) is 23.7 Å². The van der Waals surface area contributed by atoms with Crippen LogP contribution in [-0.2, 0) is 0 Å². The molecule has 0 unspecified atom stereocenters. The fourth-order valence-electron chi connectivity index (χ4n) is 11.0. The maximum atomic E-state index is 2.82. The van der Waals surface area contributed by atoms with Crippen molar-refractivity contribution in [2.75, 3.05) is 9.71 Å². The van der Waals surface area contributed by atoms with E-state index in [1.54, 1.807) is 0 Å². The van der Waals surface area contributed by atoms with Gasteiger partial charge < -0.3 is 9.71 Å². The fourth-order valence-corrected chi connectivity index (χ4v) is 12.3. The molecule has 4 aliphatic rings. The summed E-state index contributed by atoms with van der Waals surface area (Å²) in [5.41, 5.74) is 24.9. The summed E-state index contributed by atoms with van der Waals surface area (Å²) in [7, 11) is 0. The smallest absolute Gasteiger partial charge is 0.329 e. The van der Waals surface area contributed by atoms with Crippen LogP contribution in [0, 0.1) is 0 Å². The second kappa shape index (κ2) is 12.5. The molecule has 1 aromatic heterocycles. The van der Waals surface area contributed by atoms with Gasteiger partial charge in [0.1, 0.15) is 0 Å². The Morgan fingerprint density at radius 2 is 1.07 bits per heavy atom. The van der Waals surface area contributed by atoms with Crippen LogP contribution in [0.15, 0.2) is 121 Å². The van der Waals surface area contributed by atoms with Crippen LogP contribution in [0.4, 0.5) is 28.4 Å². The lowest BCUT2D eigenvalue weighted by molar-refractivity contribution is 0.866. The first kappa shape index (κ1) is 35.4. The number of benzene rings is 7. The van der Waals surface area contributed by atoms with Gasteiger partial charge in [-0.15, -0.1) is 11.3 Å². The molecule has 286 valence electrons. The van der Waals surface area contributed by atoms with Crippen molar-refractivity contribution in [3.63, 3.8) is 0 Å². The van der Waals surface area contributed by atoms with Gasteiger partial charge in [-0.1, -0.05) is 146 Å². The lowest BCUT2D eigenvalue weighted by Gasteiger charge is -2.52. The molecule has 0 atom stereocenters. The van der Waals surface area contributed by atoms with Crippen molar-refractivity contribution in [2.45, 2.75) is 79.1 Å². The summed E-state index contributed by atoms with van der Waals surface area (Å²) in [6.07, 6.45) is 0. The van der Waals surface area contributed by atoms with Crippen LogP contribution < -0.4 is 37.0 Å². The van der Waals surface area contributed by atoms with E-state index in [0.717, 1.165) is 0 Å². The highest BCUT2D eigenvalue weighted by Gasteiger charge is 2.52. The maximum Gasteiger partial charge on any atom is 0.329 e. The van der Waals surface area contributed by atoms with Crippen LogP contribution in [0.3, 0.4) is 0 Å². The molecular formula is C54H48B2N2S. The number of hydrogen-bond donors (Lipinski definition) is 0. The van der Waals surface area contributed by atoms with Crippen molar-refractivity contribution in [3.8, 4) is 22.3 Å². The molecule has 8 aromatic rings. The van der Waals surface area contributed by atoms with Gasteiger partial charge in [0.15, 0.2) is 0 Å². The van der Waals surface area contributed by atoms with E-state index in [1.807, 2.05) is 11.3 Å². The monoisotopic (exact) mass is 778 g/mol. The van der Waals surface area contributed by atoms with Gasteiger partial charge in [-0.3, -0.25) is 0 Å².